The van der Waals surface area contributed by atoms with E-state index < -0.39 is 0 Å². The zero-order chi connectivity index (χ0) is 11.5. The highest BCUT2D eigenvalue weighted by molar-refractivity contribution is 7.10. The summed E-state index contributed by atoms with van der Waals surface area (Å²) < 4.78 is 5.41. The van der Waals surface area contributed by atoms with Crippen LogP contribution in [0.5, 0.6) is 0 Å². The lowest BCUT2D eigenvalue weighted by Crippen LogP contribution is -2.31. The summed E-state index contributed by atoms with van der Waals surface area (Å²) in [5.41, 5.74) is 1.58. The van der Waals surface area contributed by atoms with Gasteiger partial charge in [-0.15, -0.1) is 11.3 Å². The molecule has 0 radical (unpaired) electrons. The second-order valence-corrected chi connectivity index (χ2v) is 6.21. The minimum atomic E-state index is 0.618. The average Bonchev–Trinajstić information content (AvgIpc) is 2.86. The van der Waals surface area contributed by atoms with Crippen LogP contribution in [0.2, 0.25) is 0 Å². The topological polar surface area (TPSA) is 21.3 Å². The Morgan fingerprint density at radius 2 is 2.18 bits per heavy atom. The monoisotopic (exact) mass is 251 g/mol. The highest BCUT2D eigenvalue weighted by atomic mass is 32.1. The van der Waals surface area contributed by atoms with Crippen molar-refractivity contribution in [3.05, 3.63) is 21.9 Å². The first-order valence-electron chi connectivity index (χ1n) is 6.81. The largest absolute Gasteiger partial charge is 0.381 e. The molecular weight excluding hydrogens is 230 g/mol. The Morgan fingerprint density at radius 3 is 3.06 bits per heavy atom. The van der Waals surface area contributed by atoms with Gasteiger partial charge in [-0.25, -0.2) is 0 Å². The average molecular weight is 251 g/mol. The predicted molar refractivity (Wildman–Crippen MR) is 71.5 cm³/mol. The summed E-state index contributed by atoms with van der Waals surface area (Å²) in [6.07, 6.45) is 6.42. The van der Waals surface area contributed by atoms with Crippen molar-refractivity contribution in [3.63, 3.8) is 0 Å². The highest BCUT2D eigenvalue weighted by Crippen LogP contribution is 2.33. The molecule has 1 aliphatic heterocycles. The lowest BCUT2D eigenvalue weighted by molar-refractivity contribution is 0.0652. The smallest absolute Gasteiger partial charge is 0.0469 e. The minimum absolute atomic E-state index is 0.618. The van der Waals surface area contributed by atoms with Crippen molar-refractivity contribution in [1.29, 1.82) is 0 Å². The summed E-state index contributed by atoms with van der Waals surface area (Å²) in [6.45, 7) is 3.09. The number of ether oxygens (including phenoxy) is 1. The lowest BCUT2D eigenvalue weighted by Gasteiger charge is -2.28. The molecule has 17 heavy (non-hydrogen) atoms. The van der Waals surface area contributed by atoms with Gasteiger partial charge >= 0.3 is 0 Å². The van der Waals surface area contributed by atoms with Crippen LogP contribution >= 0.6 is 11.3 Å². The third-order valence-electron chi connectivity index (χ3n) is 4.05. The number of nitrogens with one attached hydrogen (secondary N) is 1. The van der Waals surface area contributed by atoms with Crippen molar-refractivity contribution in [2.45, 2.75) is 38.1 Å². The van der Waals surface area contributed by atoms with Crippen molar-refractivity contribution in [1.82, 2.24) is 5.32 Å². The molecule has 0 aromatic carbocycles. The van der Waals surface area contributed by atoms with Crippen LogP contribution in [0.1, 0.15) is 42.2 Å². The molecule has 0 bridgehead atoms. The van der Waals surface area contributed by atoms with Crippen LogP contribution in [0.25, 0.3) is 0 Å². The van der Waals surface area contributed by atoms with Gasteiger partial charge in [0, 0.05) is 24.1 Å². The first-order chi connectivity index (χ1) is 8.43. The van der Waals surface area contributed by atoms with Crippen LogP contribution in [0, 0.1) is 5.92 Å². The van der Waals surface area contributed by atoms with E-state index in [-0.39, 0.29) is 0 Å². The van der Waals surface area contributed by atoms with Crippen molar-refractivity contribution in [3.8, 4) is 0 Å². The first-order valence-corrected chi connectivity index (χ1v) is 7.69. The molecule has 1 aromatic heterocycles. The maximum Gasteiger partial charge on any atom is 0.0469 e. The van der Waals surface area contributed by atoms with Crippen LogP contribution in [-0.2, 0) is 11.2 Å². The molecule has 1 aromatic rings. The van der Waals surface area contributed by atoms with E-state index in [4.69, 9.17) is 4.74 Å². The van der Waals surface area contributed by atoms with E-state index in [1.165, 1.54) is 38.6 Å². The minimum Gasteiger partial charge on any atom is -0.381 e. The lowest BCUT2D eigenvalue weighted by atomic mass is 9.93. The molecule has 1 saturated heterocycles. The molecule has 0 saturated carbocycles. The Labute approximate surface area is 107 Å². The van der Waals surface area contributed by atoms with Crippen molar-refractivity contribution >= 4 is 11.3 Å². The Balaban J connectivity index is 1.56. The van der Waals surface area contributed by atoms with Crippen molar-refractivity contribution in [2.24, 2.45) is 5.92 Å². The van der Waals surface area contributed by atoms with Gasteiger partial charge in [0.2, 0.25) is 0 Å². The van der Waals surface area contributed by atoms with Gasteiger partial charge in [0.05, 0.1) is 0 Å². The van der Waals surface area contributed by atoms with Crippen LogP contribution < -0.4 is 5.32 Å². The first kappa shape index (κ1) is 11.7. The summed E-state index contributed by atoms with van der Waals surface area (Å²) in [5, 5.41) is 6.03. The standard InChI is InChI=1S/C14H21NOS/c1-2-13(12-6-9-17-14(12)3-1)15-10-11-4-7-16-8-5-11/h6,9,11,13,15H,1-5,7-8,10H2. The predicted octanol–water partition coefficient (Wildman–Crippen LogP) is 3.14. The Kier molecular flexibility index (Phi) is 3.79. The second kappa shape index (κ2) is 5.51. The third kappa shape index (κ3) is 2.72. The molecule has 0 spiro atoms. The zero-order valence-corrected chi connectivity index (χ0v) is 11.1. The molecule has 2 aliphatic rings. The SMILES string of the molecule is c1cc2c(s1)CCCC2NCC1CCOCC1. The molecule has 2 nitrogen and oxygen atoms in total. The zero-order valence-electron chi connectivity index (χ0n) is 10.3. The number of hydrogen-bond acceptors (Lipinski definition) is 3. The van der Waals surface area contributed by atoms with Gasteiger partial charge in [-0.3, -0.25) is 0 Å². The summed E-state index contributed by atoms with van der Waals surface area (Å²) >= 11 is 1.93. The van der Waals surface area contributed by atoms with Crippen LogP contribution in [-0.4, -0.2) is 19.8 Å². The van der Waals surface area contributed by atoms with E-state index in [0.29, 0.717) is 6.04 Å². The molecule has 1 N–H and O–H groups in total. The summed E-state index contributed by atoms with van der Waals surface area (Å²) in [6, 6.07) is 2.94. The normalized spacial score (nSPS) is 25.8. The molecule has 3 rings (SSSR count). The number of rotatable bonds is 3. The van der Waals surface area contributed by atoms with Gasteiger partial charge in [-0.05, 0) is 61.6 Å². The summed E-state index contributed by atoms with van der Waals surface area (Å²) in [5.74, 6) is 0.827. The fourth-order valence-electron chi connectivity index (χ4n) is 2.96. The van der Waals surface area contributed by atoms with Gasteiger partial charge < -0.3 is 10.1 Å². The van der Waals surface area contributed by atoms with E-state index in [1.807, 2.05) is 11.3 Å². The molecular formula is C14H21NOS. The quantitative estimate of drug-likeness (QED) is 0.891. The fourth-order valence-corrected chi connectivity index (χ4v) is 3.95. The Bertz CT molecular complexity index is 357. The number of fused-ring (bicyclic) bond motifs is 1. The van der Waals surface area contributed by atoms with Crippen molar-refractivity contribution in [2.75, 3.05) is 19.8 Å². The highest BCUT2D eigenvalue weighted by Gasteiger charge is 2.22. The van der Waals surface area contributed by atoms with Crippen LogP contribution in [0.4, 0.5) is 0 Å². The second-order valence-electron chi connectivity index (χ2n) is 5.21. The van der Waals surface area contributed by atoms with Gasteiger partial charge in [-0.1, -0.05) is 0 Å². The summed E-state index contributed by atoms with van der Waals surface area (Å²) in [7, 11) is 0. The van der Waals surface area contributed by atoms with E-state index >= 15 is 0 Å². The fraction of sp³-hybridized carbons (Fsp3) is 0.714. The molecule has 94 valence electrons. The van der Waals surface area contributed by atoms with E-state index in [1.54, 1.807) is 10.4 Å². The number of aryl methyl sites for hydroxylation is 1. The molecule has 1 fully saturated rings. The Morgan fingerprint density at radius 1 is 1.29 bits per heavy atom. The van der Waals surface area contributed by atoms with Gasteiger partial charge in [0.1, 0.15) is 0 Å². The maximum absolute atomic E-state index is 5.41. The molecule has 0 amide bonds. The van der Waals surface area contributed by atoms with E-state index in [2.05, 4.69) is 16.8 Å². The molecule has 3 heteroatoms. The molecule has 2 heterocycles. The summed E-state index contributed by atoms with van der Waals surface area (Å²) in [4.78, 5) is 1.61. The van der Waals surface area contributed by atoms with Gasteiger partial charge in [0.15, 0.2) is 0 Å². The number of hydrogen-bond donors (Lipinski definition) is 1. The van der Waals surface area contributed by atoms with Crippen LogP contribution in [0.3, 0.4) is 0 Å². The molecule has 1 atom stereocenters. The van der Waals surface area contributed by atoms with E-state index in [0.717, 1.165) is 19.1 Å². The number of thiophene rings is 1. The molecule has 1 unspecified atom stereocenters. The van der Waals surface area contributed by atoms with E-state index in [9.17, 15) is 0 Å². The van der Waals surface area contributed by atoms with Gasteiger partial charge in [0.25, 0.3) is 0 Å². The van der Waals surface area contributed by atoms with Gasteiger partial charge in [-0.2, -0.15) is 0 Å². The van der Waals surface area contributed by atoms with Crippen LogP contribution in [0.15, 0.2) is 11.4 Å². The maximum atomic E-state index is 5.41. The third-order valence-corrected chi connectivity index (χ3v) is 5.04. The Hall–Kier alpha value is -0.380. The molecule has 1 aliphatic carbocycles. The van der Waals surface area contributed by atoms with Crippen molar-refractivity contribution < 1.29 is 4.74 Å².